The molecule has 0 saturated heterocycles. The molecule has 64 valence electrons. The predicted molar refractivity (Wildman–Crippen MR) is 52.7 cm³/mol. The first kappa shape index (κ1) is 7.92. The van der Waals surface area contributed by atoms with Crippen molar-refractivity contribution in [3.63, 3.8) is 0 Å². The second-order valence-corrected chi connectivity index (χ2v) is 3.68. The zero-order valence-corrected chi connectivity index (χ0v) is 8.23. The minimum atomic E-state index is 0.807. The van der Waals surface area contributed by atoms with Crippen molar-refractivity contribution < 1.29 is 4.74 Å². The fraction of sp³-hybridized carbons (Fsp3) is 0.333. The summed E-state index contributed by atoms with van der Waals surface area (Å²) in [6.45, 7) is 1.80. The molecule has 0 bridgehead atoms. The molecule has 2 nitrogen and oxygen atoms in total. The summed E-state index contributed by atoms with van der Waals surface area (Å²) in [5, 5.41) is 3.31. The highest BCUT2D eigenvalue weighted by Crippen LogP contribution is 2.29. The third-order valence-electron chi connectivity index (χ3n) is 1.84. The third kappa shape index (κ3) is 1.55. The molecule has 0 aromatic heterocycles. The molecule has 0 spiro atoms. The maximum absolute atomic E-state index is 5.52. The van der Waals surface area contributed by atoms with Gasteiger partial charge in [-0.1, -0.05) is 15.9 Å². The van der Waals surface area contributed by atoms with Gasteiger partial charge in [0.1, 0.15) is 5.75 Å². The van der Waals surface area contributed by atoms with Crippen LogP contribution in [-0.2, 0) is 0 Å². The van der Waals surface area contributed by atoms with Gasteiger partial charge in [-0.05, 0) is 24.6 Å². The van der Waals surface area contributed by atoms with Crippen molar-refractivity contribution in [3.05, 3.63) is 22.7 Å². The smallest absolute Gasteiger partial charge is 0.142 e. The van der Waals surface area contributed by atoms with E-state index in [1.54, 1.807) is 0 Å². The standard InChI is InChI=1S/C9H10BrNO/c10-7-2-3-9-8(6-7)11-4-1-5-12-9/h2-3,6,11H,1,4-5H2. The average Bonchev–Trinajstić information content (AvgIpc) is 2.28. The molecule has 2 rings (SSSR count). The first-order valence-electron chi connectivity index (χ1n) is 4.02. The van der Waals surface area contributed by atoms with Crippen LogP contribution in [0.4, 0.5) is 5.69 Å². The summed E-state index contributed by atoms with van der Waals surface area (Å²) < 4.78 is 6.60. The van der Waals surface area contributed by atoms with Crippen LogP contribution in [0.5, 0.6) is 5.75 Å². The van der Waals surface area contributed by atoms with Crippen molar-refractivity contribution >= 4 is 21.6 Å². The van der Waals surface area contributed by atoms with Crippen LogP contribution in [0.25, 0.3) is 0 Å². The number of nitrogens with one attached hydrogen (secondary N) is 1. The summed E-state index contributed by atoms with van der Waals surface area (Å²) in [7, 11) is 0. The van der Waals surface area contributed by atoms with Gasteiger partial charge in [0, 0.05) is 11.0 Å². The second kappa shape index (κ2) is 3.35. The molecular weight excluding hydrogens is 218 g/mol. The van der Waals surface area contributed by atoms with Gasteiger partial charge in [0.15, 0.2) is 0 Å². The Kier molecular flexibility index (Phi) is 2.21. The Hall–Kier alpha value is -0.700. The molecule has 0 aliphatic carbocycles. The van der Waals surface area contributed by atoms with E-state index in [2.05, 4.69) is 21.2 Å². The molecule has 0 fully saturated rings. The van der Waals surface area contributed by atoms with Gasteiger partial charge >= 0.3 is 0 Å². The number of hydrogen-bond donors (Lipinski definition) is 1. The number of halogens is 1. The Bertz CT molecular complexity index is 288. The fourth-order valence-electron chi connectivity index (χ4n) is 1.24. The predicted octanol–water partition coefficient (Wildman–Crippen LogP) is 2.64. The number of rotatable bonds is 0. The van der Waals surface area contributed by atoms with Crippen LogP contribution in [-0.4, -0.2) is 13.2 Å². The zero-order valence-electron chi connectivity index (χ0n) is 6.64. The molecule has 1 N–H and O–H groups in total. The molecule has 1 aliphatic rings. The van der Waals surface area contributed by atoms with Gasteiger partial charge in [-0.2, -0.15) is 0 Å². The van der Waals surface area contributed by atoms with Crippen LogP contribution in [0.3, 0.4) is 0 Å². The number of fused-ring (bicyclic) bond motifs is 1. The van der Waals surface area contributed by atoms with Crippen LogP contribution in [0, 0.1) is 0 Å². The Labute approximate surface area is 80.1 Å². The van der Waals surface area contributed by atoms with Crippen molar-refractivity contribution in [2.45, 2.75) is 6.42 Å². The monoisotopic (exact) mass is 227 g/mol. The molecule has 0 atom stereocenters. The van der Waals surface area contributed by atoms with Crippen LogP contribution in [0.2, 0.25) is 0 Å². The van der Waals surface area contributed by atoms with E-state index < -0.39 is 0 Å². The molecule has 1 heterocycles. The lowest BCUT2D eigenvalue weighted by Gasteiger charge is -2.06. The van der Waals surface area contributed by atoms with Crippen molar-refractivity contribution in [1.29, 1.82) is 0 Å². The van der Waals surface area contributed by atoms with E-state index in [9.17, 15) is 0 Å². The summed E-state index contributed by atoms with van der Waals surface area (Å²) in [4.78, 5) is 0. The van der Waals surface area contributed by atoms with Crippen molar-refractivity contribution in [2.24, 2.45) is 0 Å². The summed E-state index contributed by atoms with van der Waals surface area (Å²) >= 11 is 3.42. The highest BCUT2D eigenvalue weighted by Gasteiger charge is 2.07. The summed E-state index contributed by atoms with van der Waals surface area (Å²) in [6.07, 6.45) is 1.06. The van der Waals surface area contributed by atoms with Crippen LogP contribution in [0.15, 0.2) is 22.7 Å². The zero-order chi connectivity index (χ0) is 8.39. The van der Waals surface area contributed by atoms with E-state index in [1.807, 2.05) is 18.2 Å². The number of benzene rings is 1. The van der Waals surface area contributed by atoms with Crippen molar-refractivity contribution in [3.8, 4) is 5.75 Å². The quantitative estimate of drug-likeness (QED) is 0.736. The van der Waals surface area contributed by atoms with E-state index >= 15 is 0 Å². The highest BCUT2D eigenvalue weighted by molar-refractivity contribution is 9.10. The number of hydrogen-bond acceptors (Lipinski definition) is 2. The van der Waals surface area contributed by atoms with Gasteiger partial charge in [0.05, 0.1) is 12.3 Å². The normalized spacial score (nSPS) is 15.4. The Morgan fingerprint density at radius 2 is 2.33 bits per heavy atom. The Balaban J connectivity index is 2.36. The maximum Gasteiger partial charge on any atom is 0.142 e. The van der Waals surface area contributed by atoms with Crippen LogP contribution in [0.1, 0.15) is 6.42 Å². The molecule has 0 radical (unpaired) electrons. The van der Waals surface area contributed by atoms with E-state index in [0.29, 0.717) is 0 Å². The lowest BCUT2D eigenvalue weighted by molar-refractivity contribution is 0.323. The molecule has 3 heteroatoms. The molecular formula is C9H10BrNO. The highest BCUT2D eigenvalue weighted by atomic mass is 79.9. The average molecular weight is 228 g/mol. The molecule has 1 aromatic carbocycles. The Morgan fingerprint density at radius 3 is 3.25 bits per heavy atom. The molecule has 1 aromatic rings. The number of ether oxygens (including phenoxy) is 1. The minimum absolute atomic E-state index is 0.807. The fourth-order valence-corrected chi connectivity index (χ4v) is 1.60. The molecule has 0 saturated carbocycles. The van der Waals surface area contributed by atoms with Crippen LogP contribution >= 0.6 is 15.9 Å². The lowest BCUT2D eigenvalue weighted by Crippen LogP contribution is -1.99. The Morgan fingerprint density at radius 1 is 1.42 bits per heavy atom. The van der Waals surface area contributed by atoms with Gasteiger partial charge < -0.3 is 10.1 Å². The first-order valence-corrected chi connectivity index (χ1v) is 4.82. The summed E-state index contributed by atoms with van der Waals surface area (Å²) in [5.74, 6) is 0.954. The van der Waals surface area contributed by atoms with Gasteiger partial charge in [0.25, 0.3) is 0 Å². The number of anilines is 1. The second-order valence-electron chi connectivity index (χ2n) is 2.77. The topological polar surface area (TPSA) is 21.3 Å². The van der Waals surface area contributed by atoms with Gasteiger partial charge in [-0.15, -0.1) is 0 Å². The van der Waals surface area contributed by atoms with Crippen LogP contribution < -0.4 is 10.1 Å². The molecule has 0 amide bonds. The van der Waals surface area contributed by atoms with E-state index in [0.717, 1.165) is 35.5 Å². The first-order chi connectivity index (χ1) is 5.86. The van der Waals surface area contributed by atoms with Crippen molar-refractivity contribution in [1.82, 2.24) is 0 Å². The van der Waals surface area contributed by atoms with Crippen molar-refractivity contribution in [2.75, 3.05) is 18.5 Å². The van der Waals surface area contributed by atoms with Gasteiger partial charge in [0.2, 0.25) is 0 Å². The van der Waals surface area contributed by atoms with E-state index in [1.165, 1.54) is 0 Å². The maximum atomic E-state index is 5.52. The SMILES string of the molecule is Brc1ccc2c(c1)NCCCO2. The van der Waals surface area contributed by atoms with Gasteiger partial charge in [-0.3, -0.25) is 0 Å². The molecule has 12 heavy (non-hydrogen) atoms. The lowest BCUT2D eigenvalue weighted by atomic mass is 10.3. The van der Waals surface area contributed by atoms with Gasteiger partial charge in [-0.25, -0.2) is 0 Å². The third-order valence-corrected chi connectivity index (χ3v) is 2.33. The largest absolute Gasteiger partial charge is 0.491 e. The molecule has 0 unspecified atom stereocenters. The molecule has 1 aliphatic heterocycles. The summed E-state index contributed by atoms with van der Waals surface area (Å²) in [6, 6.07) is 6.02. The summed E-state index contributed by atoms with van der Waals surface area (Å²) in [5.41, 5.74) is 1.09. The van der Waals surface area contributed by atoms with E-state index in [4.69, 9.17) is 4.74 Å². The van der Waals surface area contributed by atoms with E-state index in [-0.39, 0.29) is 0 Å². The minimum Gasteiger partial charge on any atom is -0.491 e.